The Morgan fingerprint density at radius 2 is 1.79 bits per heavy atom. The van der Waals surface area contributed by atoms with Gasteiger partial charge in [-0.3, -0.25) is 14.1 Å². The van der Waals surface area contributed by atoms with E-state index in [-0.39, 0.29) is 11.7 Å². The number of pyridine rings is 1. The molecule has 4 heterocycles. The van der Waals surface area contributed by atoms with E-state index < -0.39 is 0 Å². The minimum absolute atomic E-state index is 0.0228. The molecule has 1 aromatic carbocycles. The van der Waals surface area contributed by atoms with Crippen LogP contribution in [-0.4, -0.2) is 39.3 Å². The number of nitrogens with one attached hydrogen (secondary N) is 1. The average Bonchev–Trinajstić information content (AvgIpc) is 3.69. The van der Waals surface area contributed by atoms with Crippen LogP contribution in [0.15, 0.2) is 65.8 Å². The first kappa shape index (κ1) is 26.3. The van der Waals surface area contributed by atoms with Gasteiger partial charge in [0, 0.05) is 35.9 Å². The molecule has 0 amide bonds. The fraction of sp³-hybridized carbons (Fsp3) is 0.367. The molecule has 0 aliphatic carbocycles. The standard InChI is InChI=1S/C30H36N8O/c1-5-7-12-27-20-38(29-22(9-6-2)14-16-36(29)21(3)4)30(39)37(27)19-26-18-24(13-15-31-26)23-10-8-11-25(17-23)28-32-34-35-33-28/h8,10-11,13-18,20-21H,5-7,9,12,19H2,1-4H3,(H,32,33,34,35). The maximum atomic E-state index is 14.0. The topological polar surface area (TPSA) is 99.2 Å². The van der Waals surface area contributed by atoms with E-state index in [0.717, 1.165) is 66.0 Å². The predicted molar refractivity (Wildman–Crippen MR) is 153 cm³/mol. The Bertz CT molecular complexity index is 1590. The van der Waals surface area contributed by atoms with Crippen LogP contribution in [0.1, 0.15) is 70.0 Å². The van der Waals surface area contributed by atoms with Gasteiger partial charge < -0.3 is 4.57 Å². The molecule has 0 spiro atoms. The van der Waals surface area contributed by atoms with E-state index in [9.17, 15) is 4.79 Å². The molecule has 0 bridgehead atoms. The Morgan fingerprint density at radius 3 is 2.54 bits per heavy atom. The number of aryl methyl sites for hydroxylation is 2. The van der Waals surface area contributed by atoms with Gasteiger partial charge in [-0.1, -0.05) is 44.9 Å². The molecule has 0 saturated heterocycles. The lowest BCUT2D eigenvalue weighted by atomic mass is 10.0. The molecule has 0 fully saturated rings. The summed E-state index contributed by atoms with van der Waals surface area (Å²) in [6, 6.07) is 14.5. The van der Waals surface area contributed by atoms with Crippen molar-refractivity contribution in [3.05, 3.63) is 88.5 Å². The van der Waals surface area contributed by atoms with Crippen LogP contribution in [0, 0.1) is 0 Å². The van der Waals surface area contributed by atoms with Gasteiger partial charge >= 0.3 is 5.69 Å². The number of tetrazole rings is 1. The lowest BCUT2D eigenvalue weighted by Crippen LogP contribution is -2.27. The van der Waals surface area contributed by atoms with Crippen molar-refractivity contribution in [3.8, 4) is 28.3 Å². The highest BCUT2D eigenvalue weighted by Crippen LogP contribution is 2.26. The van der Waals surface area contributed by atoms with Crippen molar-refractivity contribution in [2.45, 2.75) is 72.4 Å². The summed E-state index contributed by atoms with van der Waals surface area (Å²) >= 11 is 0. The molecule has 0 aliphatic rings. The van der Waals surface area contributed by atoms with Crippen molar-refractivity contribution in [1.82, 2.24) is 39.3 Å². The van der Waals surface area contributed by atoms with Crippen molar-refractivity contribution < 1.29 is 0 Å². The molecule has 202 valence electrons. The van der Waals surface area contributed by atoms with E-state index in [0.29, 0.717) is 12.4 Å². The highest BCUT2D eigenvalue weighted by Gasteiger charge is 2.20. The number of hydrogen-bond donors (Lipinski definition) is 1. The summed E-state index contributed by atoms with van der Waals surface area (Å²) < 4.78 is 5.95. The third-order valence-electron chi connectivity index (χ3n) is 7.06. The van der Waals surface area contributed by atoms with Crippen LogP contribution in [-0.2, 0) is 19.4 Å². The minimum atomic E-state index is -0.0228. The first-order valence-electron chi connectivity index (χ1n) is 13.8. The first-order valence-corrected chi connectivity index (χ1v) is 13.8. The van der Waals surface area contributed by atoms with Gasteiger partial charge in [0.25, 0.3) is 0 Å². The van der Waals surface area contributed by atoms with E-state index in [1.54, 1.807) is 0 Å². The largest absolute Gasteiger partial charge is 0.334 e. The van der Waals surface area contributed by atoms with Crippen molar-refractivity contribution in [1.29, 1.82) is 0 Å². The van der Waals surface area contributed by atoms with Crippen LogP contribution in [0.5, 0.6) is 0 Å². The van der Waals surface area contributed by atoms with Crippen LogP contribution in [0.4, 0.5) is 0 Å². The number of hydrogen-bond acceptors (Lipinski definition) is 5. The highest BCUT2D eigenvalue weighted by molar-refractivity contribution is 5.70. The van der Waals surface area contributed by atoms with Crippen molar-refractivity contribution >= 4 is 0 Å². The predicted octanol–water partition coefficient (Wildman–Crippen LogP) is 5.61. The molecule has 0 radical (unpaired) electrons. The molecule has 1 N–H and O–H groups in total. The summed E-state index contributed by atoms with van der Waals surface area (Å²) in [6.07, 6.45) is 10.8. The van der Waals surface area contributed by atoms with Crippen LogP contribution < -0.4 is 5.69 Å². The third kappa shape index (κ3) is 5.48. The summed E-state index contributed by atoms with van der Waals surface area (Å²) in [7, 11) is 0. The Balaban J connectivity index is 1.53. The van der Waals surface area contributed by atoms with E-state index in [2.05, 4.69) is 76.2 Å². The van der Waals surface area contributed by atoms with Gasteiger partial charge in [0.05, 0.1) is 12.2 Å². The number of nitrogens with zero attached hydrogens (tertiary/aromatic N) is 7. The number of benzene rings is 1. The maximum Gasteiger partial charge on any atom is 0.334 e. The second-order valence-corrected chi connectivity index (χ2v) is 10.2. The van der Waals surface area contributed by atoms with Gasteiger partial charge in [0.2, 0.25) is 5.82 Å². The van der Waals surface area contributed by atoms with Crippen LogP contribution in [0.2, 0.25) is 0 Å². The zero-order chi connectivity index (χ0) is 27.4. The number of rotatable bonds is 11. The Labute approximate surface area is 228 Å². The number of unbranched alkanes of at least 4 members (excludes halogenated alkanes) is 1. The summed E-state index contributed by atoms with van der Waals surface area (Å²) in [5.74, 6) is 1.53. The Morgan fingerprint density at radius 1 is 0.974 bits per heavy atom. The minimum Gasteiger partial charge on any atom is -0.331 e. The van der Waals surface area contributed by atoms with E-state index >= 15 is 0 Å². The van der Waals surface area contributed by atoms with Crippen LogP contribution >= 0.6 is 0 Å². The van der Waals surface area contributed by atoms with Crippen LogP contribution in [0.25, 0.3) is 28.3 Å². The normalized spacial score (nSPS) is 11.5. The van der Waals surface area contributed by atoms with Gasteiger partial charge in [0.15, 0.2) is 0 Å². The monoisotopic (exact) mass is 524 g/mol. The summed E-state index contributed by atoms with van der Waals surface area (Å²) in [6.45, 7) is 9.07. The molecular formula is C30H36N8O. The molecule has 0 unspecified atom stereocenters. The van der Waals surface area contributed by atoms with E-state index in [1.807, 2.05) is 51.9 Å². The third-order valence-corrected chi connectivity index (χ3v) is 7.06. The Hall–Kier alpha value is -4.27. The van der Waals surface area contributed by atoms with E-state index in [1.165, 1.54) is 5.56 Å². The van der Waals surface area contributed by atoms with Gasteiger partial charge in [-0.2, -0.15) is 5.21 Å². The average molecular weight is 525 g/mol. The molecule has 0 aliphatic heterocycles. The second-order valence-electron chi connectivity index (χ2n) is 10.2. The quantitative estimate of drug-likeness (QED) is 0.242. The molecule has 39 heavy (non-hydrogen) atoms. The smallest absolute Gasteiger partial charge is 0.331 e. The zero-order valence-electron chi connectivity index (χ0n) is 23.1. The van der Waals surface area contributed by atoms with Crippen LogP contribution in [0.3, 0.4) is 0 Å². The summed E-state index contributed by atoms with van der Waals surface area (Å²) in [5, 5.41) is 14.4. The molecule has 9 nitrogen and oxygen atoms in total. The second kappa shape index (κ2) is 11.6. The van der Waals surface area contributed by atoms with Gasteiger partial charge in [-0.15, -0.1) is 10.2 Å². The fourth-order valence-corrected chi connectivity index (χ4v) is 5.07. The Kier molecular flexibility index (Phi) is 7.86. The highest BCUT2D eigenvalue weighted by atomic mass is 16.1. The van der Waals surface area contributed by atoms with Gasteiger partial charge in [0.1, 0.15) is 5.82 Å². The van der Waals surface area contributed by atoms with Gasteiger partial charge in [-0.25, -0.2) is 4.79 Å². The fourth-order valence-electron chi connectivity index (χ4n) is 5.07. The SMILES string of the molecule is CCCCc1cn(-c2c(CCC)ccn2C(C)C)c(=O)n1Cc1cc(-c2cccc(-c3nn[nH]n3)c2)ccn1. The lowest BCUT2D eigenvalue weighted by Gasteiger charge is -2.15. The van der Waals surface area contributed by atoms with E-state index in [4.69, 9.17) is 0 Å². The molecule has 0 atom stereocenters. The molecule has 5 aromatic rings. The molecular weight excluding hydrogens is 488 g/mol. The van der Waals surface area contributed by atoms with Gasteiger partial charge in [-0.05, 0) is 79.3 Å². The molecule has 5 rings (SSSR count). The zero-order valence-corrected chi connectivity index (χ0v) is 23.1. The lowest BCUT2D eigenvalue weighted by molar-refractivity contribution is 0.580. The number of imidazole rings is 1. The number of aromatic amines is 1. The number of H-pyrrole nitrogens is 1. The maximum absolute atomic E-state index is 14.0. The summed E-state index contributed by atoms with van der Waals surface area (Å²) in [5.41, 5.74) is 5.98. The molecule has 9 heteroatoms. The summed E-state index contributed by atoms with van der Waals surface area (Å²) in [4.78, 5) is 18.6. The molecule has 0 saturated carbocycles. The first-order chi connectivity index (χ1) is 19.0. The molecule has 4 aromatic heterocycles. The van der Waals surface area contributed by atoms with Crippen molar-refractivity contribution in [2.75, 3.05) is 0 Å². The number of aromatic nitrogens is 8. The van der Waals surface area contributed by atoms with Crippen molar-refractivity contribution in [2.24, 2.45) is 0 Å². The van der Waals surface area contributed by atoms with Crippen molar-refractivity contribution in [3.63, 3.8) is 0 Å².